The van der Waals surface area contributed by atoms with Gasteiger partial charge in [-0.3, -0.25) is 0 Å². The molecule has 2 bridgehead atoms. The molecule has 1 spiro atoms. The minimum Gasteiger partial charge on any atom is -0.446 e. The van der Waals surface area contributed by atoms with Crippen molar-refractivity contribution in [3.63, 3.8) is 0 Å². The monoisotopic (exact) mass is 272 g/mol. The van der Waals surface area contributed by atoms with Crippen LogP contribution in [0.15, 0.2) is 30.3 Å². The fourth-order valence-corrected chi connectivity index (χ4v) is 4.71. The summed E-state index contributed by atoms with van der Waals surface area (Å²) >= 11 is 0. The van der Waals surface area contributed by atoms with Crippen LogP contribution in [0.2, 0.25) is 5.82 Å². The number of rotatable bonds is 2. The summed E-state index contributed by atoms with van der Waals surface area (Å²) in [5.41, 5.74) is 1.09. The van der Waals surface area contributed by atoms with E-state index >= 15 is 0 Å². The second-order valence-electron chi connectivity index (χ2n) is 6.52. The van der Waals surface area contributed by atoms with Gasteiger partial charge in [0.1, 0.15) is 6.10 Å². The zero-order chi connectivity index (χ0) is 13.3. The smallest absolute Gasteiger partial charge is 0.327 e. The van der Waals surface area contributed by atoms with E-state index in [0.29, 0.717) is 12.7 Å². The van der Waals surface area contributed by atoms with Crippen molar-refractivity contribution in [1.29, 1.82) is 0 Å². The van der Waals surface area contributed by atoms with E-state index in [1.165, 1.54) is 0 Å². The molecule has 3 heterocycles. The highest BCUT2D eigenvalue weighted by molar-refractivity contribution is 6.68. The van der Waals surface area contributed by atoms with Crippen LogP contribution in [0.1, 0.15) is 12.8 Å². The Kier molecular flexibility index (Phi) is 2.27. The Morgan fingerprint density at radius 2 is 2.05 bits per heavy atom. The summed E-state index contributed by atoms with van der Waals surface area (Å²) in [6.45, 7) is 0.268. The van der Waals surface area contributed by atoms with Crippen molar-refractivity contribution in [2.75, 3.05) is 6.61 Å². The predicted molar refractivity (Wildman–Crippen MR) is 72.7 cm³/mol. The Hall–Kier alpha value is -0.875. The van der Waals surface area contributed by atoms with Crippen LogP contribution >= 0.6 is 0 Å². The topological polar surface area (TPSA) is 47.9 Å². The highest BCUT2D eigenvalue weighted by Crippen LogP contribution is 2.69. The molecule has 3 saturated heterocycles. The molecule has 5 heteroatoms. The first-order valence-corrected chi connectivity index (χ1v) is 7.44. The van der Waals surface area contributed by atoms with Gasteiger partial charge >= 0.3 is 6.92 Å². The van der Waals surface area contributed by atoms with E-state index in [9.17, 15) is 5.02 Å². The van der Waals surface area contributed by atoms with E-state index in [1.54, 1.807) is 0 Å². The largest absolute Gasteiger partial charge is 0.446 e. The summed E-state index contributed by atoms with van der Waals surface area (Å²) in [5.74, 6) is 0.268. The van der Waals surface area contributed by atoms with Crippen LogP contribution < -0.4 is 5.46 Å². The minimum absolute atomic E-state index is 0.0170. The van der Waals surface area contributed by atoms with Crippen molar-refractivity contribution in [3.05, 3.63) is 30.3 Å². The summed E-state index contributed by atoms with van der Waals surface area (Å²) in [4.78, 5) is 0. The lowest BCUT2D eigenvalue weighted by atomic mass is 9.32. The zero-order valence-electron chi connectivity index (χ0n) is 11.1. The Labute approximate surface area is 118 Å². The molecule has 20 heavy (non-hydrogen) atoms. The lowest BCUT2D eigenvalue weighted by Crippen LogP contribution is -2.77. The molecule has 104 valence electrons. The molecule has 1 N–H and O–H groups in total. The Bertz CT molecular complexity index is 538. The molecular formula is C15H17BO4. The number of ether oxygens (including phenoxy) is 3. The van der Waals surface area contributed by atoms with Gasteiger partial charge in [0.2, 0.25) is 0 Å². The van der Waals surface area contributed by atoms with Gasteiger partial charge in [0, 0.05) is 5.41 Å². The van der Waals surface area contributed by atoms with Gasteiger partial charge in [-0.25, -0.2) is 0 Å². The first-order chi connectivity index (χ1) is 9.79. The van der Waals surface area contributed by atoms with E-state index in [1.807, 2.05) is 30.3 Å². The van der Waals surface area contributed by atoms with Gasteiger partial charge in [-0.1, -0.05) is 30.3 Å². The standard InChI is InChI=1S/C15H17BO4/c17-16(9-4-2-1-3-5-9)11-6-12-15(11)7-10-8-18-14(19-10)13(15)20-12/h1-5,10-14,17H,6-8H2/t10-,11?,12?,13-,14+,15+/m0/s1. The van der Waals surface area contributed by atoms with Gasteiger partial charge in [0.25, 0.3) is 0 Å². The quantitative estimate of drug-likeness (QED) is 0.799. The maximum Gasteiger partial charge on any atom is 0.327 e. The summed E-state index contributed by atoms with van der Waals surface area (Å²) in [5, 5.41) is 10.8. The van der Waals surface area contributed by atoms with E-state index in [4.69, 9.17) is 14.2 Å². The lowest BCUT2D eigenvalue weighted by Gasteiger charge is -2.70. The molecule has 4 fully saturated rings. The molecule has 2 unspecified atom stereocenters. The van der Waals surface area contributed by atoms with Crippen LogP contribution in [-0.2, 0) is 14.2 Å². The van der Waals surface area contributed by atoms with Crippen molar-refractivity contribution in [2.24, 2.45) is 5.41 Å². The minimum atomic E-state index is -0.406. The number of fused-ring (bicyclic) bond motifs is 3. The normalized spacial score (nSPS) is 47.8. The fraction of sp³-hybridized carbons (Fsp3) is 0.600. The van der Waals surface area contributed by atoms with E-state index in [0.717, 1.165) is 18.3 Å². The first kappa shape index (κ1) is 11.7. The molecule has 0 amide bonds. The third-order valence-corrected chi connectivity index (χ3v) is 5.72. The van der Waals surface area contributed by atoms with E-state index in [-0.39, 0.29) is 29.7 Å². The maximum absolute atomic E-state index is 10.8. The summed E-state index contributed by atoms with van der Waals surface area (Å²) in [6, 6.07) is 9.97. The maximum atomic E-state index is 10.8. The van der Waals surface area contributed by atoms with E-state index < -0.39 is 6.92 Å². The third-order valence-electron chi connectivity index (χ3n) is 5.72. The van der Waals surface area contributed by atoms with E-state index in [2.05, 4.69) is 0 Å². The van der Waals surface area contributed by atoms with Crippen LogP contribution in [0.5, 0.6) is 0 Å². The molecule has 1 aromatic carbocycles. The predicted octanol–water partition coefficient (Wildman–Crippen LogP) is 0.550. The van der Waals surface area contributed by atoms with Gasteiger partial charge in [0.15, 0.2) is 6.29 Å². The number of benzene rings is 1. The average molecular weight is 272 g/mol. The third kappa shape index (κ3) is 1.27. The molecule has 4 nitrogen and oxygen atoms in total. The Morgan fingerprint density at radius 1 is 1.20 bits per heavy atom. The molecule has 0 aromatic heterocycles. The van der Waals surface area contributed by atoms with Crippen molar-refractivity contribution < 1.29 is 19.2 Å². The van der Waals surface area contributed by atoms with Crippen LogP contribution in [0.25, 0.3) is 0 Å². The van der Waals surface area contributed by atoms with Crippen molar-refractivity contribution in [3.8, 4) is 0 Å². The van der Waals surface area contributed by atoms with Crippen LogP contribution in [0.3, 0.4) is 0 Å². The average Bonchev–Trinajstić information content (AvgIpc) is 2.88. The van der Waals surface area contributed by atoms with Gasteiger partial charge < -0.3 is 19.2 Å². The fourth-order valence-electron chi connectivity index (χ4n) is 4.71. The highest BCUT2D eigenvalue weighted by atomic mass is 16.7. The molecule has 1 aromatic rings. The Balaban J connectivity index is 1.46. The molecule has 3 aliphatic heterocycles. The van der Waals surface area contributed by atoms with Crippen molar-refractivity contribution in [2.45, 2.75) is 43.3 Å². The molecule has 6 atom stereocenters. The second-order valence-corrected chi connectivity index (χ2v) is 6.52. The molecular weight excluding hydrogens is 255 g/mol. The summed E-state index contributed by atoms with van der Waals surface area (Å²) in [7, 11) is 0. The first-order valence-electron chi connectivity index (χ1n) is 7.44. The molecule has 1 aliphatic carbocycles. The van der Waals surface area contributed by atoms with Gasteiger partial charge in [-0.15, -0.1) is 0 Å². The van der Waals surface area contributed by atoms with Gasteiger partial charge in [0.05, 0.1) is 18.8 Å². The van der Waals surface area contributed by atoms with Gasteiger partial charge in [-0.05, 0) is 24.1 Å². The highest BCUT2D eigenvalue weighted by Gasteiger charge is 2.75. The SMILES string of the molecule is OB(c1ccccc1)C1CC2O[C@H]3[C@@H]4OC[C@H](C[C@]213)O4. The van der Waals surface area contributed by atoms with Crippen LogP contribution in [0.4, 0.5) is 0 Å². The summed E-state index contributed by atoms with van der Waals surface area (Å²) < 4.78 is 17.4. The van der Waals surface area contributed by atoms with Crippen LogP contribution in [-0.4, -0.2) is 43.1 Å². The summed E-state index contributed by atoms with van der Waals surface area (Å²) in [6.07, 6.45) is 2.21. The Morgan fingerprint density at radius 3 is 2.85 bits per heavy atom. The van der Waals surface area contributed by atoms with Crippen molar-refractivity contribution in [1.82, 2.24) is 0 Å². The molecule has 4 aliphatic rings. The molecule has 5 rings (SSSR count). The van der Waals surface area contributed by atoms with Gasteiger partial charge in [-0.2, -0.15) is 0 Å². The second kappa shape index (κ2) is 3.86. The number of hydrogen-bond donors (Lipinski definition) is 1. The zero-order valence-corrected chi connectivity index (χ0v) is 11.1. The lowest BCUT2D eigenvalue weighted by molar-refractivity contribution is -0.380. The number of hydrogen-bond acceptors (Lipinski definition) is 4. The van der Waals surface area contributed by atoms with Crippen molar-refractivity contribution >= 4 is 12.4 Å². The molecule has 0 radical (unpaired) electrons. The molecule has 1 saturated carbocycles. The van der Waals surface area contributed by atoms with Crippen LogP contribution in [0, 0.1) is 5.41 Å².